The third-order valence-electron chi connectivity index (χ3n) is 3.97. The van der Waals surface area contributed by atoms with Gasteiger partial charge in [-0.05, 0) is 43.3 Å². The zero-order valence-corrected chi connectivity index (χ0v) is 15.3. The van der Waals surface area contributed by atoms with Gasteiger partial charge in [-0.3, -0.25) is 14.3 Å². The van der Waals surface area contributed by atoms with Crippen LogP contribution in [0.2, 0.25) is 0 Å². The van der Waals surface area contributed by atoms with Crippen molar-refractivity contribution in [2.24, 2.45) is 7.05 Å². The van der Waals surface area contributed by atoms with Gasteiger partial charge in [0.2, 0.25) is 0 Å². The van der Waals surface area contributed by atoms with Gasteiger partial charge in [0.05, 0.1) is 13.2 Å². The number of nitrogens with zero attached hydrogens (tertiary/aromatic N) is 4. The van der Waals surface area contributed by atoms with Gasteiger partial charge in [-0.15, -0.1) is 5.10 Å². The standard InChI is InChI=1S/C19H21N5O3/c1-3-27-15-9-7-14(8-10-15)18(25)21-12-13-24-19(26)23(2)17(22-24)16-6-4-5-11-20-16/h4-11H,3,12-13H2,1-2H3,(H,21,25). The van der Waals surface area contributed by atoms with E-state index in [4.69, 9.17) is 4.74 Å². The molecule has 8 heteroatoms. The van der Waals surface area contributed by atoms with E-state index in [1.807, 2.05) is 13.0 Å². The van der Waals surface area contributed by atoms with Gasteiger partial charge in [0.25, 0.3) is 5.91 Å². The van der Waals surface area contributed by atoms with E-state index < -0.39 is 0 Å². The zero-order chi connectivity index (χ0) is 19.2. The van der Waals surface area contributed by atoms with Crippen LogP contribution in [0.3, 0.4) is 0 Å². The lowest BCUT2D eigenvalue weighted by Crippen LogP contribution is -2.31. The molecule has 27 heavy (non-hydrogen) atoms. The van der Waals surface area contributed by atoms with Crippen LogP contribution >= 0.6 is 0 Å². The topological polar surface area (TPSA) is 91.0 Å². The van der Waals surface area contributed by atoms with Crippen LogP contribution in [-0.2, 0) is 13.6 Å². The number of rotatable bonds is 7. The summed E-state index contributed by atoms with van der Waals surface area (Å²) in [5.41, 5.74) is 0.890. The average Bonchev–Trinajstić information content (AvgIpc) is 2.98. The first-order valence-electron chi connectivity index (χ1n) is 8.66. The molecule has 0 saturated heterocycles. The molecule has 0 unspecified atom stereocenters. The molecule has 140 valence electrons. The Kier molecular flexibility index (Phi) is 5.65. The van der Waals surface area contributed by atoms with Crippen LogP contribution in [0, 0.1) is 0 Å². The van der Waals surface area contributed by atoms with Crippen molar-refractivity contribution in [1.29, 1.82) is 0 Å². The number of nitrogens with one attached hydrogen (secondary N) is 1. The Balaban J connectivity index is 1.62. The smallest absolute Gasteiger partial charge is 0.346 e. The first kappa shape index (κ1) is 18.4. The van der Waals surface area contributed by atoms with E-state index in [9.17, 15) is 9.59 Å². The fraction of sp³-hybridized carbons (Fsp3) is 0.263. The van der Waals surface area contributed by atoms with Crippen molar-refractivity contribution in [1.82, 2.24) is 24.6 Å². The highest BCUT2D eigenvalue weighted by Gasteiger charge is 2.13. The van der Waals surface area contributed by atoms with Gasteiger partial charge < -0.3 is 10.1 Å². The molecule has 0 aliphatic heterocycles. The Hall–Kier alpha value is -3.42. The van der Waals surface area contributed by atoms with Crippen LogP contribution in [0.15, 0.2) is 53.5 Å². The first-order chi connectivity index (χ1) is 13.1. The Morgan fingerprint density at radius 1 is 1.19 bits per heavy atom. The number of ether oxygens (including phenoxy) is 1. The van der Waals surface area contributed by atoms with Crippen LogP contribution in [-0.4, -0.2) is 38.4 Å². The maximum atomic E-state index is 12.3. The Labute approximate surface area is 156 Å². The summed E-state index contributed by atoms with van der Waals surface area (Å²) < 4.78 is 8.12. The summed E-state index contributed by atoms with van der Waals surface area (Å²) in [4.78, 5) is 28.7. The number of carbonyl (C=O) groups excluding carboxylic acids is 1. The van der Waals surface area contributed by atoms with Crippen LogP contribution < -0.4 is 15.7 Å². The first-order valence-corrected chi connectivity index (χ1v) is 8.66. The molecule has 0 radical (unpaired) electrons. The zero-order valence-electron chi connectivity index (χ0n) is 15.3. The quantitative estimate of drug-likeness (QED) is 0.683. The normalized spacial score (nSPS) is 10.6. The van der Waals surface area contributed by atoms with Crippen LogP contribution in [0.1, 0.15) is 17.3 Å². The number of benzene rings is 1. The summed E-state index contributed by atoms with van der Waals surface area (Å²) >= 11 is 0. The van der Waals surface area contributed by atoms with E-state index in [1.54, 1.807) is 49.6 Å². The van der Waals surface area contributed by atoms with E-state index >= 15 is 0 Å². The fourth-order valence-corrected chi connectivity index (χ4v) is 2.60. The molecule has 3 aromatic rings. The van der Waals surface area contributed by atoms with Gasteiger partial charge in [0.1, 0.15) is 11.4 Å². The van der Waals surface area contributed by atoms with Crippen molar-refractivity contribution >= 4 is 5.91 Å². The molecule has 2 aromatic heterocycles. The summed E-state index contributed by atoms with van der Waals surface area (Å²) in [6.07, 6.45) is 1.65. The molecule has 0 atom stereocenters. The maximum Gasteiger partial charge on any atom is 0.346 e. The Morgan fingerprint density at radius 3 is 2.63 bits per heavy atom. The second-order valence-electron chi connectivity index (χ2n) is 5.82. The van der Waals surface area contributed by atoms with Gasteiger partial charge in [-0.25, -0.2) is 9.48 Å². The van der Waals surface area contributed by atoms with E-state index in [0.29, 0.717) is 23.7 Å². The van der Waals surface area contributed by atoms with Crippen LogP contribution in [0.5, 0.6) is 5.75 Å². The minimum atomic E-state index is -0.258. The number of hydrogen-bond acceptors (Lipinski definition) is 5. The number of carbonyl (C=O) groups is 1. The van der Waals surface area contributed by atoms with Crippen LogP contribution in [0.4, 0.5) is 0 Å². The van der Waals surface area contributed by atoms with E-state index in [0.717, 1.165) is 5.75 Å². The van der Waals surface area contributed by atoms with Crippen LogP contribution in [0.25, 0.3) is 11.5 Å². The van der Waals surface area contributed by atoms with Crippen molar-refractivity contribution in [3.63, 3.8) is 0 Å². The minimum Gasteiger partial charge on any atom is -0.494 e. The second-order valence-corrected chi connectivity index (χ2v) is 5.82. The molecule has 0 saturated carbocycles. The molecule has 0 aliphatic rings. The lowest BCUT2D eigenvalue weighted by Gasteiger charge is -2.06. The Morgan fingerprint density at radius 2 is 1.96 bits per heavy atom. The maximum absolute atomic E-state index is 12.3. The number of hydrogen-bond donors (Lipinski definition) is 1. The SMILES string of the molecule is CCOc1ccc(C(=O)NCCn2nc(-c3ccccn3)n(C)c2=O)cc1. The monoisotopic (exact) mass is 367 g/mol. The van der Waals surface area contributed by atoms with E-state index in [-0.39, 0.29) is 24.7 Å². The van der Waals surface area contributed by atoms with Gasteiger partial charge in [-0.1, -0.05) is 6.07 Å². The molecule has 8 nitrogen and oxygen atoms in total. The summed E-state index contributed by atoms with van der Waals surface area (Å²) in [5.74, 6) is 0.988. The lowest BCUT2D eigenvalue weighted by molar-refractivity contribution is 0.0951. The number of amides is 1. The minimum absolute atomic E-state index is 0.216. The molecule has 3 rings (SSSR count). The molecule has 2 heterocycles. The van der Waals surface area contributed by atoms with Gasteiger partial charge in [-0.2, -0.15) is 0 Å². The lowest BCUT2D eigenvalue weighted by atomic mass is 10.2. The molecule has 0 spiro atoms. The molecule has 1 amide bonds. The molecule has 0 aliphatic carbocycles. The van der Waals surface area contributed by atoms with Crippen molar-refractivity contribution < 1.29 is 9.53 Å². The highest BCUT2D eigenvalue weighted by Crippen LogP contribution is 2.12. The molecule has 0 fully saturated rings. The molecular formula is C19H21N5O3. The van der Waals surface area contributed by atoms with Crippen molar-refractivity contribution in [3.05, 3.63) is 64.7 Å². The predicted molar refractivity (Wildman–Crippen MR) is 101 cm³/mol. The van der Waals surface area contributed by atoms with Crippen molar-refractivity contribution in [3.8, 4) is 17.3 Å². The summed E-state index contributed by atoms with van der Waals surface area (Å²) in [6.45, 7) is 3.03. The molecule has 1 aromatic carbocycles. The third-order valence-corrected chi connectivity index (χ3v) is 3.97. The largest absolute Gasteiger partial charge is 0.494 e. The fourth-order valence-electron chi connectivity index (χ4n) is 2.60. The predicted octanol–water partition coefficient (Wildman–Crippen LogP) is 1.47. The molecule has 0 bridgehead atoms. The average molecular weight is 367 g/mol. The molecule has 1 N–H and O–H groups in total. The second kappa shape index (κ2) is 8.31. The summed E-state index contributed by atoms with van der Waals surface area (Å²) in [7, 11) is 1.65. The van der Waals surface area contributed by atoms with Gasteiger partial charge >= 0.3 is 5.69 Å². The Bertz CT molecular complexity index is 961. The van der Waals surface area contributed by atoms with Crippen molar-refractivity contribution in [2.75, 3.05) is 13.2 Å². The van der Waals surface area contributed by atoms with Gasteiger partial charge in [0.15, 0.2) is 5.82 Å². The van der Waals surface area contributed by atoms with E-state index in [1.165, 1.54) is 9.25 Å². The van der Waals surface area contributed by atoms with Gasteiger partial charge in [0, 0.05) is 25.4 Å². The highest BCUT2D eigenvalue weighted by molar-refractivity contribution is 5.94. The molecular weight excluding hydrogens is 346 g/mol. The number of aromatic nitrogens is 4. The third kappa shape index (κ3) is 4.22. The summed E-state index contributed by atoms with van der Waals surface area (Å²) in [5, 5.41) is 7.11. The summed E-state index contributed by atoms with van der Waals surface area (Å²) in [6, 6.07) is 12.3. The highest BCUT2D eigenvalue weighted by atomic mass is 16.5. The van der Waals surface area contributed by atoms with E-state index in [2.05, 4.69) is 15.4 Å². The number of pyridine rings is 1. The van der Waals surface area contributed by atoms with Crippen molar-refractivity contribution in [2.45, 2.75) is 13.5 Å².